The zero-order chi connectivity index (χ0) is 22.1. The molecule has 0 unspecified atom stereocenters. The summed E-state index contributed by atoms with van der Waals surface area (Å²) in [6, 6.07) is 24.7. The lowest BCUT2D eigenvalue weighted by molar-refractivity contribution is -0.140. The van der Waals surface area contributed by atoms with Gasteiger partial charge in [-0.15, -0.1) is 0 Å². The standard InChI is InChI=1S/C26H27FN2O2/c1-20(26(31)28-17-16-21-8-4-2-5-9-21)29(19-23-12-14-24(27)15-13-23)25(30)18-22-10-6-3-7-11-22/h2-15,20H,16-19H2,1H3,(H,28,31)/t20-/m0/s1. The molecule has 1 atom stereocenters. The Hall–Kier alpha value is -3.47. The van der Waals surface area contributed by atoms with E-state index in [0.29, 0.717) is 6.54 Å². The second-order valence-electron chi connectivity index (χ2n) is 7.51. The summed E-state index contributed by atoms with van der Waals surface area (Å²) in [4.78, 5) is 27.5. The molecule has 3 rings (SSSR count). The third-order valence-corrected chi connectivity index (χ3v) is 5.19. The Balaban J connectivity index is 1.68. The third-order valence-electron chi connectivity index (χ3n) is 5.19. The van der Waals surface area contributed by atoms with Gasteiger partial charge < -0.3 is 10.2 Å². The van der Waals surface area contributed by atoms with Gasteiger partial charge in [0.2, 0.25) is 11.8 Å². The Bertz CT molecular complexity index is 975. The molecule has 0 bridgehead atoms. The maximum Gasteiger partial charge on any atom is 0.242 e. The molecule has 0 aromatic heterocycles. The third kappa shape index (κ3) is 6.78. The molecular formula is C26H27FN2O2. The first-order chi connectivity index (χ1) is 15.0. The van der Waals surface area contributed by atoms with Crippen LogP contribution in [0.3, 0.4) is 0 Å². The van der Waals surface area contributed by atoms with E-state index in [9.17, 15) is 14.0 Å². The summed E-state index contributed by atoms with van der Waals surface area (Å²) >= 11 is 0. The van der Waals surface area contributed by atoms with Gasteiger partial charge in [-0.3, -0.25) is 9.59 Å². The monoisotopic (exact) mass is 418 g/mol. The maximum atomic E-state index is 13.3. The van der Waals surface area contributed by atoms with E-state index in [1.165, 1.54) is 12.1 Å². The Labute approximate surface area is 182 Å². The first kappa shape index (κ1) is 22.2. The van der Waals surface area contributed by atoms with Crippen LogP contribution in [0.2, 0.25) is 0 Å². The van der Waals surface area contributed by atoms with Crippen LogP contribution in [0.15, 0.2) is 84.9 Å². The SMILES string of the molecule is C[C@@H](C(=O)NCCc1ccccc1)N(Cc1ccc(F)cc1)C(=O)Cc1ccccc1. The first-order valence-electron chi connectivity index (χ1n) is 10.4. The highest BCUT2D eigenvalue weighted by atomic mass is 19.1. The largest absolute Gasteiger partial charge is 0.354 e. The van der Waals surface area contributed by atoms with E-state index in [4.69, 9.17) is 0 Å². The smallest absolute Gasteiger partial charge is 0.242 e. The van der Waals surface area contributed by atoms with E-state index in [0.717, 1.165) is 23.1 Å². The normalized spacial score (nSPS) is 11.5. The van der Waals surface area contributed by atoms with Crippen LogP contribution in [0, 0.1) is 5.82 Å². The highest BCUT2D eigenvalue weighted by molar-refractivity contribution is 5.88. The summed E-state index contributed by atoms with van der Waals surface area (Å²) in [7, 11) is 0. The Morgan fingerprint density at radius 2 is 1.42 bits per heavy atom. The summed E-state index contributed by atoms with van der Waals surface area (Å²) in [6.45, 7) is 2.45. The molecule has 3 aromatic rings. The number of nitrogens with zero attached hydrogens (tertiary/aromatic N) is 1. The number of carbonyl (C=O) groups excluding carboxylic acids is 2. The molecule has 0 aliphatic rings. The van der Waals surface area contributed by atoms with Crippen molar-refractivity contribution in [2.45, 2.75) is 32.4 Å². The van der Waals surface area contributed by atoms with Crippen LogP contribution in [0.1, 0.15) is 23.6 Å². The number of hydrogen-bond acceptors (Lipinski definition) is 2. The summed E-state index contributed by atoms with van der Waals surface area (Å²) in [5.74, 6) is -0.696. The van der Waals surface area contributed by atoms with E-state index >= 15 is 0 Å². The molecule has 0 fully saturated rings. The minimum absolute atomic E-state index is 0.152. The van der Waals surface area contributed by atoms with Gasteiger partial charge in [0.15, 0.2) is 0 Å². The molecule has 0 heterocycles. The summed E-state index contributed by atoms with van der Waals surface area (Å²) in [5.41, 5.74) is 2.79. The molecule has 31 heavy (non-hydrogen) atoms. The molecule has 1 N–H and O–H groups in total. The molecular weight excluding hydrogens is 391 g/mol. The fourth-order valence-corrected chi connectivity index (χ4v) is 3.36. The molecule has 5 heteroatoms. The first-order valence-corrected chi connectivity index (χ1v) is 10.4. The van der Waals surface area contributed by atoms with Crippen LogP contribution in [-0.4, -0.2) is 29.3 Å². The van der Waals surface area contributed by atoms with Crippen molar-refractivity contribution in [2.75, 3.05) is 6.54 Å². The topological polar surface area (TPSA) is 49.4 Å². The minimum atomic E-state index is -0.656. The predicted octanol–water partition coefficient (Wildman–Crippen LogP) is 4.14. The average molecular weight is 419 g/mol. The number of carbonyl (C=O) groups is 2. The van der Waals surface area contributed by atoms with Gasteiger partial charge in [0.1, 0.15) is 11.9 Å². The molecule has 4 nitrogen and oxygen atoms in total. The molecule has 3 aromatic carbocycles. The van der Waals surface area contributed by atoms with Gasteiger partial charge in [-0.1, -0.05) is 72.8 Å². The lowest BCUT2D eigenvalue weighted by atomic mass is 10.1. The van der Waals surface area contributed by atoms with Crippen molar-refractivity contribution < 1.29 is 14.0 Å². The molecule has 0 spiro atoms. The van der Waals surface area contributed by atoms with Gasteiger partial charge in [-0.05, 0) is 42.2 Å². The van der Waals surface area contributed by atoms with Crippen molar-refractivity contribution in [1.29, 1.82) is 0 Å². The Morgan fingerprint density at radius 3 is 2.03 bits per heavy atom. The van der Waals surface area contributed by atoms with E-state index < -0.39 is 6.04 Å². The number of halogens is 1. The van der Waals surface area contributed by atoms with Gasteiger partial charge in [0.25, 0.3) is 0 Å². The number of amides is 2. The predicted molar refractivity (Wildman–Crippen MR) is 120 cm³/mol. The number of hydrogen-bond donors (Lipinski definition) is 1. The van der Waals surface area contributed by atoms with Gasteiger partial charge in [-0.2, -0.15) is 0 Å². The van der Waals surface area contributed by atoms with Crippen molar-refractivity contribution in [3.05, 3.63) is 107 Å². The highest BCUT2D eigenvalue weighted by Crippen LogP contribution is 2.13. The molecule has 0 saturated carbocycles. The van der Waals surface area contributed by atoms with Crippen LogP contribution < -0.4 is 5.32 Å². The second kappa shape index (κ2) is 11.1. The zero-order valence-corrected chi connectivity index (χ0v) is 17.6. The summed E-state index contributed by atoms with van der Waals surface area (Å²) in [6.07, 6.45) is 0.916. The molecule has 0 aliphatic heterocycles. The number of nitrogens with one attached hydrogen (secondary N) is 1. The van der Waals surface area contributed by atoms with Crippen LogP contribution in [-0.2, 0) is 29.0 Å². The lowest BCUT2D eigenvalue weighted by Crippen LogP contribution is -2.48. The summed E-state index contributed by atoms with van der Waals surface area (Å²) < 4.78 is 13.3. The average Bonchev–Trinajstić information content (AvgIpc) is 2.79. The molecule has 0 aliphatic carbocycles. The molecule has 0 saturated heterocycles. The minimum Gasteiger partial charge on any atom is -0.354 e. The quantitative estimate of drug-likeness (QED) is 0.568. The fourth-order valence-electron chi connectivity index (χ4n) is 3.36. The van der Waals surface area contributed by atoms with Crippen LogP contribution in [0.4, 0.5) is 4.39 Å². The van der Waals surface area contributed by atoms with Gasteiger partial charge >= 0.3 is 0 Å². The van der Waals surface area contributed by atoms with E-state index in [1.54, 1.807) is 24.0 Å². The van der Waals surface area contributed by atoms with E-state index in [2.05, 4.69) is 5.32 Å². The molecule has 160 valence electrons. The van der Waals surface area contributed by atoms with E-state index in [1.807, 2.05) is 60.7 Å². The highest BCUT2D eigenvalue weighted by Gasteiger charge is 2.26. The van der Waals surface area contributed by atoms with Gasteiger partial charge in [-0.25, -0.2) is 4.39 Å². The van der Waals surface area contributed by atoms with Crippen molar-refractivity contribution in [3.8, 4) is 0 Å². The second-order valence-corrected chi connectivity index (χ2v) is 7.51. The van der Waals surface area contributed by atoms with Gasteiger partial charge in [0.05, 0.1) is 6.42 Å². The van der Waals surface area contributed by atoms with Crippen LogP contribution >= 0.6 is 0 Å². The molecule has 0 radical (unpaired) electrons. The lowest BCUT2D eigenvalue weighted by Gasteiger charge is -2.29. The van der Waals surface area contributed by atoms with Crippen LogP contribution in [0.25, 0.3) is 0 Å². The van der Waals surface area contributed by atoms with E-state index in [-0.39, 0.29) is 30.6 Å². The fraction of sp³-hybridized carbons (Fsp3) is 0.231. The van der Waals surface area contributed by atoms with Crippen molar-refractivity contribution in [3.63, 3.8) is 0 Å². The zero-order valence-electron chi connectivity index (χ0n) is 17.6. The van der Waals surface area contributed by atoms with Gasteiger partial charge in [0, 0.05) is 13.1 Å². The molecule has 2 amide bonds. The Kier molecular flexibility index (Phi) is 7.93. The number of rotatable bonds is 9. The van der Waals surface area contributed by atoms with Crippen molar-refractivity contribution in [1.82, 2.24) is 10.2 Å². The Morgan fingerprint density at radius 1 is 0.839 bits per heavy atom. The summed E-state index contributed by atoms with van der Waals surface area (Å²) in [5, 5.41) is 2.93. The number of benzene rings is 3. The van der Waals surface area contributed by atoms with Crippen molar-refractivity contribution >= 4 is 11.8 Å². The van der Waals surface area contributed by atoms with Crippen molar-refractivity contribution in [2.24, 2.45) is 0 Å². The maximum absolute atomic E-state index is 13.3. The van der Waals surface area contributed by atoms with Crippen LogP contribution in [0.5, 0.6) is 0 Å².